The Hall–Kier alpha value is -3.40. The Balaban J connectivity index is 0.000000436. The smallest absolute Gasteiger partial charge is 0.328 e. The molecule has 1 amide bonds. The van der Waals surface area contributed by atoms with Gasteiger partial charge in [-0.2, -0.15) is 0 Å². The van der Waals surface area contributed by atoms with Crippen molar-refractivity contribution in [3.8, 4) is 0 Å². The number of rotatable bonds is 7. The molecular weight excluding hydrogens is 502 g/mol. The second-order valence-corrected chi connectivity index (χ2v) is 10.3. The average molecular weight is 538 g/mol. The van der Waals surface area contributed by atoms with Crippen LogP contribution in [0.1, 0.15) is 23.1 Å². The molecule has 2 heterocycles. The molecule has 0 aliphatic carbocycles. The molecule has 0 atom stereocenters. The monoisotopic (exact) mass is 537 g/mol. The number of carboxylic acid groups (broad SMARTS) is 2. The molecule has 0 saturated carbocycles. The predicted molar refractivity (Wildman–Crippen MR) is 150 cm³/mol. The lowest BCUT2D eigenvalue weighted by Gasteiger charge is -2.32. The van der Waals surface area contributed by atoms with E-state index < -0.39 is 11.9 Å². The molecule has 1 saturated heterocycles. The Bertz CT molecular complexity index is 1120. The zero-order valence-corrected chi connectivity index (χ0v) is 22.7. The predicted octanol–water partition coefficient (Wildman–Crippen LogP) is 3.53. The summed E-state index contributed by atoms with van der Waals surface area (Å²) in [5.74, 6) is -1.30. The summed E-state index contributed by atoms with van der Waals surface area (Å²) in [5, 5.41) is 15.6. The normalized spacial score (nSPS) is 16.6. The number of carboxylic acids is 2. The number of aliphatic carboxylic acids is 2. The van der Waals surface area contributed by atoms with E-state index in [2.05, 4.69) is 71.5 Å². The topological polar surface area (TPSA) is 101 Å². The molecule has 0 bridgehead atoms. The van der Waals surface area contributed by atoms with Crippen molar-refractivity contribution in [3.63, 3.8) is 0 Å². The first-order chi connectivity index (χ1) is 18.2. The fraction of sp³-hybridized carbons (Fsp3) is 0.345. The van der Waals surface area contributed by atoms with Crippen molar-refractivity contribution in [3.05, 3.63) is 83.4 Å². The zero-order chi connectivity index (χ0) is 27.5. The largest absolute Gasteiger partial charge is 0.478 e. The van der Waals surface area contributed by atoms with Crippen LogP contribution in [0.15, 0.2) is 71.7 Å². The molecule has 0 unspecified atom stereocenters. The maximum Gasteiger partial charge on any atom is 0.328 e. The van der Waals surface area contributed by atoms with Crippen molar-refractivity contribution in [2.75, 3.05) is 53.4 Å². The van der Waals surface area contributed by atoms with E-state index in [9.17, 15) is 14.4 Å². The van der Waals surface area contributed by atoms with Crippen LogP contribution in [-0.2, 0) is 20.1 Å². The Kier molecular flexibility index (Phi) is 11.1. The van der Waals surface area contributed by atoms with Crippen molar-refractivity contribution in [1.82, 2.24) is 14.7 Å². The van der Waals surface area contributed by atoms with Gasteiger partial charge in [0.1, 0.15) is 0 Å². The highest BCUT2D eigenvalue weighted by molar-refractivity contribution is 7.98. The summed E-state index contributed by atoms with van der Waals surface area (Å²) in [6, 6.07) is 17.4. The third-order valence-electron chi connectivity index (χ3n) is 6.43. The van der Waals surface area contributed by atoms with Gasteiger partial charge in [-0.25, -0.2) is 9.59 Å². The van der Waals surface area contributed by atoms with E-state index >= 15 is 0 Å². The fourth-order valence-corrected chi connectivity index (χ4v) is 5.30. The fourth-order valence-electron chi connectivity index (χ4n) is 4.23. The first-order valence-electron chi connectivity index (χ1n) is 12.5. The van der Waals surface area contributed by atoms with Crippen LogP contribution in [0.2, 0.25) is 0 Å². The standard InChI is InChI=1S/C25H31N3OS.C4H4O4/c1-26-14-16-28(17-15-26)18-25(29)27(2)13-7-11-22-21-9-4-3-8-20(21)19-30-24-12-6-5-10-23(22)24;5-3(6)1-2-4(7)8/h3-6,8-12H,7,13-19H2,1-2H3;1-2H,(H,5,6)(H,7,8). The SMILES string of the molecule is CN1CCN(CC(=O)N(C)CCC=C2c3ccccc3CSc3ccccc32)CC1.O=C(O)C=CC(=O)O. The van der Waals surface area contributed by atoms with Crippen LogP contribution in [-0.4, -0.2) is 96.1 Å². The number of likely N-dealkylation sites (N-methyl/N-ethyl adjacent to an activating group) is 2. The minimum atomic E-state index is -1.26. The number of carbonyl (C=O) groups excluding carboxylic acids is 1. The van der Waals surface area contributed by atoms with Gasteiger partial charge in [-0.3, -0.25) is 9.69 Å². The van der Waals surface area contributed by atoms with E-state index in [1.54, 1.807) is 0 Å². The van der Waals surface area contributed by atoms with E-state index in [1.807, 2.05) is 23.7 Å². The average Bonchev–Trinajstić information content (AvgIpc) is 3.06. The molecular formula is C29H35N3O5S. The van der Waals surface area contributed by atoms with Crippen LogP contribution in [0.3, 0.4) is 0 Å². The summed E-state index contributed by atoms with van der Waals surface area (Å²) in [5.41, 5.74) is 5.30. The highest BCUT2D eigenvalue weighted by Gasteiger charge is 2.20. The quantitative estimate of drug-likeness (QED) is 0.518. The van der Waals surface area contributed by atoms with E-state index in [0.717, 1.165) is 44.9 Å². The number of fused-ring (bicyclic) bond motifs is 2. The van der Waals surface area contributed by atoms with E-state index in [1.165, 1.54) is 27.2 Å². The molecule has 9 heteroatoms. The number of amides is 1. The minimum Gasteiger partial charge on any atom is -0.478 e. The Morgan fingerprint density at radius 2 is 1.53 bits per heavy atom. The van der Waals surface area contributed by atoms with Gasteiger partial charge in [-0.05, 0) is 41.8 Å². The molecule has 2 aromatic rings. The summed E-state index contributed by atoms with van der Waals surface area (Å²) in [6.07, 6.45) is 4.29. The molecule has 2 aliphatic rings. The molecule has 0 spiro atoms. The van der Waals surface area contributed by atoms with Gasteiger partial charge in [-0.1, -0.05) is 48.5 Å². The van der Waals surface area contributed by atoms with Crippen molar-refractivity contribution >= 4 is 35.2 Å². The van der Waals surface area contributed by atoms with Crippen molar-refractivity contribution in [2.45, 2.75) is 17.1 Å². The molecule has 1 fully saturated rings. The van der Waals surface area contributed by atoms with E-state index in [4.69, 9.17) is 10.2 Å². The number of piperazine rings is 1. The highest BCUT2D eigenvalue weighted by atomic mass is 32.2. The summed E-state index contributed by atoms with van der Waals surface area (Å²) in [4.78, 5) is 39.6. The molecule has 2 aromatic carbocycles. The minimum absolute atomic E-state index is 0.218. The van der Waals surface area contributed by atoms with Crippen LogP contribution in [0.5, 0.6) is 0 Å². The van der Waals surface area contributed by atoms with Gasteiger partial charge in [0.25, 0.3) is 0 Å². The third kappa shape index (κ3) is 8.86. The van der Waals surface area contributed by atoms with Gasteiger partial charge in [0.2, 0.25) is 5.91 Å². The number of nitrogens with zero attached hydrogens (tertiary/aromatic N) is 3. The maximum atomic E-state index is 12.7. The second-order valence-electron chi connectivity index (χ2n) is 9.25. The van der Waals surface area contributed by atoms with Gasteiger partial charge in [0.15, 0.2) is 0 Å². The van der Waals surface area contributed by atoms with Gasteiger partial charge in [0, 0.05) is 62.6 Å². The van der Waals surface area contributed by atoms with Crippen molar-refractivity contribution < 1.29 is 24.6 Å². The van der Waals surface area contributed by atoms with Gasteiger partial charge in [-0.15, -0.1) is 11.8 Å². The van der Waals surface area contributed by atoms with Crippen LogP contribution < -0.4 is 0 Å². The lowest BCUT2D eigenvalue weighted by Crippen LogP contribution is -2.48. The summed E-state index contributed by atoms with van der Waals surface area (Å²) in [7, 11) is 4.07. The first kappa shape index (κ1) is 29.2. The molecule has 8 nitrogen and oxygen atoms in total. The van der Waals surface area contributed by atoms with Crippen LogP contribution >= 0.6 is 11.8 Å². The number of carbonyl (C=O) groups is 3. The molecule has 4 rings (SSSR count). The first-order valence-corrected chi connectivity index (χ1v) is 13.5. The third-order valence-corrected chi connectivity index (χ3v) is 7.55. The number of benzene rings is 2. The van der Waals surface area contributed by atoms with Crippen molar-refractivity contribution in [2.24, 2.45) is 0 Å². The van der Waals surface area contributed by atoms with E-state index in [0.29, 0.717) is 18.7 Å². The maximum absolute atomic E-state index is 12.7. The molecule has 2 aliphatic heterocycles. The Labute approximate surface area is 228 Å². The van der Waals surface area contributed by atoms with Gasteiger partial charge in [0.05, 0.1) is 6.54 Å². The van der Waals surface area contributed by atoms with Gasteiger partial charge < -0.3 is 20.0 Å². The van der Waals surface area contributed by atoms with Crippen LogP contribution in [0.25, 0.3) is 5.57 Å². The highest BCUT2D eigenvalue weighted by Crippen LogP contribution is 2.40. The Morgan fingerprint density at radius 1 is 0.921 bits per heavy atom. The molecule has 2 N–H and O–H groups in total. The lowest BCUT2D eigenvalue weighted by atomic mass is 9.93. The zero-order valence-electron chi connectivity index (χ0n) is 21.9. The number of hydrogen-bond acceptors (Lipinski definition) is 6. The Morgan fingerprint density at radius 3 is 2.18 bits per heavy atom. The molecule has 38 heavy (non-hydrogen) atoms. The van der Waals surface area contributed by atoms with Gasteiger partial charge >= 0.3 is 11.9 Å². The van der Waals surface area contributed by atoms with Crippen LogP contribution in [0, 0.1) is 0 Å². The summed E-state index contributed by atoms with van der Waals surface area (Å²) in [6.45, 7) is 5.31. The second kappa shape index (κ2) is 14.5. The molecule has 202 valence electrons. The lowest BCUT2D eigenvalue weighted by molar-refractivity contribution is -0.134. The number of hydrogen-bond donors (Lipinski definition) is 2. The van der Waals surface area contributed by atoms with Crippen molar-refractivity contribution in [1.29, 1.82) is 0 Å². The summed E-state index contributed by atoms with van der Waals surface area (Å²) < 4.78 is 0. The number of thioether (sulfide) groups is 1. The molecule has 0 radical (unpaired) electrons. The molecule has 0 aromatic heterocycles. The van der Waals surface area contributed by atoms with E-state index in [-0.39, 0.29) is 5.91 Å². The summed E-state index contributed by atoms with van der Waals surface area (Å²) >= 11 is 1.91. The van der Waals surface area contributed by atoms with Crippen LogP contribution in [0.4, 0.5) is 0 Å².